The smallest absolute Gasteiger partial charge is 0.337 e. The van der Waals surface area contributed by atoms with Crippen LogP contribution in [0.25, 0.3) is 0 Å². The van der Waals surface area contributed by atoms with E-state index in [1.165, 1.54) is 0 Å². The van der Waals surface area contributed by atoms with Gasteiger partial charge in [-0.3, -0.25) is 4.84 Å². The quantitative estimate of drug-likeness (QED) is 0.794. The lowest BCUT2D eigenvalue weighted by atomic mass is 10.1. The van der Waals surface area contributed by atoms with E-state index in [9.17, 15) is 4.79 Å². The van der Waals surface area contributed by atoms with E-state index in [2.05, 4.69) is 0 Å². The molecule has 22 heavy (non-hydrogen) atoms. The van der Waals surface area contributed by atoms with E-state index in [1.807, 2.05) is 42.5 Å². The Bertz CT molecular complexity index is 596. The van der Waals surface area contributed by atoms with E-state index in [4.69, 9.17) is 14.0 Å². The van der Waals surface area contributed by atoms with E-state index in [0.29, 0.717) is 19.6 Å². The first-order valence-corrected chi connectivity index (χ1v) is 7.45. The molecule has 1 saturated heterocycles. The van der Waals surface area contributed by atoms with Crippen molar-refractivity contribution < 1.29 is 18.8 Å². The predicted octanol–water partition coefficient (Wildman–Crippen LogP) is 3.09. The first-order valence-electron chi connectivity index (χ1n) is 7.45. The number of hydroxylamine groups is 2. The molecule has 2 atom stereocenters. The van der Waals surface area contributed by atoms with E-state index in [1.54, 1.807) is 18.3 Å². The van der Waals surface area contributed by atoms with Crippen LogP contribution in [0.15, 0.2) is 53.1 Å². The minimum Gasteiger partial charge on any atom is -0.468 e. The van der Waals surface area contributed by atoms with Gasteiger partial charge in [-0.15, -0.1) is 0 Å². The molecule has 1 aliphatic heterocycles. The Hall–Kier alpha value is -2.11. The first-order chi connectivity index (χ1) is 10.8. The molecule has 2 heterocycles. The maximum atomic E-state index is 12.0. The summed E-state index contributed by atoms with van der Waals surface area (Å²) in [5.74, 6) is 0.470. The van der Waals surface area contributed by atoms with Gasteiger partial charge in [0, 0.05) is 13.0 Å². The Balaban J connectivity index is 1.77. The zero-order chi connectivity index (χ0) is 15.4. The number of carbonyl (C=O) groups excluding carboxylic acids is 1. The molecule has 1 aliphatic rings. The van der Waals surface area contributed by atoms with Crippen LogP contribution >= 0.6 is 0 Å². The lowest BCUT2D eigenvalue weighted by Crippen LogP contribution is -2.26. The van der Waals surface area contributed by atoms with E-state index in [0.717, 1.165) is 11.3 Å². The van der Waals surface area contributed by atoms with E-state index in [-0.39, 0.29) is 12.0 Å². The highest BCUT2D eigenvalue weighted by atomic mass is 16.7. The summed E-state index contributed by atoms with van der Waals surface area (Å²) in [7, 11) is 0. The summed E-state index contributed by atoms with van der Waals surface area (Å²) < 4.78 is 10.6. The summed E-state index contributed by atoms with van der Waals surface area (Å²) in [5, 5.41) is 1.80. The molecule has 0 spiro atoms. The third-order valence-electron chi connectivity index (χ3n) is 3.65. The van der Waals surface area contributed by atoms with Crippen molar-refractivity contribution in [1.82, 2.24) is 5.06 Å². The van der Waals surface area contributed by atoms with Gasteiger partial charge in [-0.2, -0.15) is 5.06 Å². The fourth-order valence-corrected chi connectivity index (χ4v) is 2.62. The molecule has 2 aromatic rings. The lowest BCUT2D eigenvalue weighted by Gasteiger charge is -2.21. The molecule has 5 heteroatoms. The third-order valence-corrected chi connectivity index (χ3v) is 3.65. The molecule has 3 rings (SSSR count). The SMILES string of the molecule is CCOC(=O)[C@H]1C[C@@H](c2ccco2)N(Cc2ccccc2)O1. The van der Waals surface area contributed by atoms with Gasteiger partial charge in [0.2, 0.25) is 0 Å². The van der Waals surface area contributed by atoms with Gasteiger partial charge in [0.1, 0.15) is 5.76 Å². The number of ether oxygens (including phenoxy) is 1. The van der Waals surface area contributed by atoms with Crippen molar-refractivity contribution in [2.45, 2.75) is 32.0 Å². The third kappa shape index (κ3) is 3.21. The molecule has 0 bridgehead atoms. The van der Waals surface area contributed by atoms with Crippen LogP contribution in [0, 0.1) is 0 Å². The van der Waals surface area contributed by atoms with Crippen LogP contribution < -0.4 is 0 Å². The van der Waals surface area contributed by atoms with E-state index >= 15 is 0 Å². The number of hydrogen-bond donors (Lipinski definition) is 0. The zero-order valence-corrected chi connectivity index (χ0v) is 12.5. The molecule has 0 saturated carbocycles. The van der Waals surface area contributed by atoms with Crippen molar-refractivity contribution in [1.29, 1.82) is 0 Å². The number of carbonyl (C=O) groups is 1. The standard InChI is InChI=1S/C17H19NO4/c1-2-20-17(19)16-11-14(15-9-6-10-21-15)18(22-16)12-13-7-4-3-5-8-13/h3-10,14,16H,2,11-12H2,1H3/t14-,16+/m0/s1. The normalized spacial score (nSPS) is 21.9. The van der Waals surface area contributed by atoms with Crippen molar-refractivity contribution in [2.24, 2.45) is 0 Å². The van der Waals surface area contributed by atoms with Gasteiger partial charge in [0.05, 0.1) is 18.9 Å². The van der Waals surface area contributed by atoms with Crippen molar-refractivity contribution in [3.8, 4) is 0 Å². The molecule has 1 aromatic heterocycles. The molecule has 5 nitrogen and oxygen atoms in total. The molecule has 1 aromatic carbocycles. The molecule has 1 fully saturated rings. The monoisotopic (exact) mass is 301 g/mol. The van der Waals surface area contributed by atoms with Crippen molar-refractivity contribution >= 4 is 5.97 Å². The Morgan fingerprint density at radius 3 is 2.77 bits per heavy atom. The minimum absolute atomic E-state index is 0.0930. The van der Waals surface area contributed by atoms with Gasteiger partial charge in [0.15, 0.2) is 6.10 Å². The number of esters is 1. The van der Waals surface area contributed by atoms with Crippen LogP contribution in [-0.4, -0.2) is 23.7 Å². The second kappa shape index (κ2) is 6.77. The van der Waals surface area contributed by atoms with Crippen LogP contribution in [0.1, 0.15) is 30.7 Å². The number of nitrogens with zero attached hydrogens (tertiary/aromatic N) is 1. The number of hydrogen-bond acceptors (Lipinski definition) is 5. The van der Waals surface area contributed by atoms with Crippen LogP contribution in [0.4, 0.5) is 0 Å². The average molecular weight is 301 g/mol. The van der Waals surface area contributed by atoms with Gasteiger partial charge >= 0.3 is 5.97 Å². The second-order valence-electron chi connectivity index (χ2n) is 5.17. The van der Waals surface area contributed by atoms with Crippen LogP contribution in [0.3, 0.4) is 0 Å². The maximum Gasteiger partial charge on any atom is 0.337 e. The highest BCUT2D eigenvalue weighted by molar-refractivity contribution is 5.75. The highest BCUT2D eigenvalue weighted by Gasteiger charge is 2.40. The summed E-state index contributed by atoms with van der Waals surface area (Å²) in [5.41, 5.74) is 1.11. The predicted molar refractivity (Wildman–Crippen MR) is 79.6 cm³/mol. The highest BCUT2D eigenvalue weighted by Crippen LogP contribution is 2.36. The molecule has 0 unspecified atom stereocenters. The van der Waals surface area contributed by atoms with Crippen LogP contribution in [-0.2, 0) is 20.9 Å². The van der Waals surface area contributed by atoms with Gasteiger partial charge < -0.3 is 9.15 Å². The zero-order valence-electron chi connectivity index (χ0n) is 12.5. The average Bonchev–Trinajstić information content (AvgIpc) is 3.17. The van der Waals surface area contributed by atoms with Crippen molar-refractivity contribution in [2.75, 3.05) is 6.61 Å². The molecule has 0 radical (unpaired) electrons. The summed E-state index contributed by atoms with van der Waals surface area (Å²) in [6.07, 6.45) is 1.58. The van der Waals surface area contributed by atoms with Crippen molar-refractivity contribution in [3.63, 3.8) is 0 Å². The lowest BCUT2D eigenvalue weighted by molar-refractivity contribution is -0.194. The fraction of sp³-hybridized carbons (Fsp3) is 0.353. The summed E-state index contributed by atoms with van der Waals surface area (Å²) >= 11 is 0. The van der Waals surface area contributed by atoms with Crippen LogP contribution in [0.5, 0.6) is 0 Å². The topological polar surface area (TPSA) is 51.9 Å². The summed E-state index contributed by atoms with van der Waals surface area (Å²) in [6.45, 7) is 2.73. The van der Waals surface area contributed by atoms with Crippen LogP contribution in [0.2, 0.25) is 0 Å². The molecule has 0 aliphatic carbocycles. The maximum absolute atomic E-state index is 12.0. The summed E-state index contributed by atoms with van der Waals surface area (Å²) in [4.78, 5) is 17.8. The first kappa shape index (κ1) is 14.8. The largest absolute Gasteiger partial charge is 0.468 e. The molecule has 0 N–H and O–H groups in total. The molecule has 0 amide bonds. The van der Waals surface area contributed by atoms with Gasteiger partial charge in [0.25, 0.3) is 0 Å². The Morgan fingerprint density at radius 2 is 2.09 bits per heavy atom. The molecular formula is C17H19NO4. The van der Waals surface area contributed by atoms with Gasteiger partial charge in [-0.1, -0.05) is 30.3 Å². The van der Waals surface area contributed by atoms with Gasteiger partial charge in [-0.05, 0) is 24.6 Å². The fourth-order valence-electron chi connectivity index (χ4n) is 2.62. The number of furan rings is 1. The Kier molecular flexibility index (Phi) is 4.56. The molecule has 116 valence electrons. The Morgan fingerprint density at radius 1 is 1.27 bits per heavy atom. The number of benzene rings is 1. The molecular weight excluding hydrogens is 282 g/mol. The van der Waals surface area contributed by atoms with Gasteiger partial charge in [-0.25, -0.2) is 4.79 Å². The van der Waals surface area contributed by atoms with E-state index < -0.39 is 6.10 Å². The number of rotatable bonds is 5. The summed E-state index contributed by atoms with van der Waals surface area (Å²) in [6, 6.07) is 13.6. The van der Waals surface area contributed by atoms with Crippen molar-refractivity contribution in [3.05, 3.63) is 60.1 Å². The second-order valence-corrected chi connectivity index (χ2v) is 5.17. The Labute approximate surface area is 129 Å². The minimum atomic E-state index is -0.584.